The number of carbonyl (C=O) groups excluding carboxylic acids is 2. The van der Waals surface area contributed by atoms with E-state index in [1.54, 1.807) is 29.2 Å². The van der Waals surface area contributed by atoms with E-state index in [0.717, 1.165) is 16.0 Å². The van der Waals surface area contributed by atoms with Crippen LogP contribution in [0, 0.1) is 0 Å². The molecule has 3 rings (SSSR count). The van der Waals surface area contributed by atoms with Crippen LogP contribution >= 0.6 is 46.6 Å². The molecule has 0 spiro atoms. The van der Waals surface area contributed by atoms with Crippen LogP contribution in [0.2, 0.25) is 15.1 Å². The van der Waals surface area contributed by atoms with Crippen molar-refractivity contribution < 1.29 is 9.59 Å². The standard InChI is InChI=1S/C28H29Cl3N2O2S/c1-28(2,3)32-27(35)25(16-19-7-5-4-6-8-19)33(17-20-9-14-23(30)24(31)15-20)26(34)18-36-22-12-10-21(29)11-13-22/h4-15,25H,16-18H2,1-3H3,(H,32,35)/t25-/m0/s1. The molecule has 0 saturated heterocycles. The normalized spacial score (nSPS) is 12.2. The van der Waals surface area contributed by atoms with Gasteiger partial charge in [-0.05, 0) is 68.3 Å². The van der Waals surface area contributed by atoms with Crippen molar-refractivity contribution in [2.24, 2.45) is 0 Å². The van der Waals surface area contributed by atoms with E-state index in [2.05, 4.69) is 5.32 Å². The minimum Gasteiger partial charge on any atom is -0.350 e. The minimum atomic E-state index is -0.723. The lowest BCUT2D eigenvalue weighted by molar-refractivity contribution is -0.140. The van der Waals surface area contributed by atoms with Gasteiger partial charge in [0, 0.05) is 28.4 Å². The molecule has 0 radical (unpaired) electrons. The Bertz CT molecular complexity index is 1180. The molecule has 0 fully saturated rings. The first-order chi connectivity index (χ1) is 17.0. The molecule has 190 valence electrons. The fraction of sp³-hybridized carbons (Fsp3) is 0.286. The second kappa shape index (κ2) is 12.9. The Hall–Kier alpha value is -2.18. The molecule has 0 aromatic heterocycles. The molecule has 8 heteroatoms. The lowest BCUT2D eigenvalue weighted by atomic mass is 10.0. The Morgan fingerprint density at radius 1 is 0.889 bits per heavy atom. The molecule has 1 N–H and O–H groups in total. The Morgan fingerprint density at radius 3 is 2.17 bits per heavy atom. The van der Waals surface area contributed by atoms with Crippen molar-refractivity contribution in [1.82, 2.24) is 10.2 Å². The summed E-state index contributed by atoms with van der Waals surface area (Å²) in [5, 5.41) is 4.52. The van der Waals surface area contributed by atoms with Gasteiger partial charge in [0.1, 0.15) is 6.04 Å². The largest absolute Gasteiger partial charge is 0.350 e. The van der Waals surface area contributed by atoms with Crippen molar-refractivity contribution in [1.29, 1.82) is 0 Å². The zero-order valence-electron chi connectivity index (χ0n) is 20.4. The second-order valence-corrected chi connectivity index (χ2v) is 11.8. The first-order valence-electron chi connectivity index (χ1n) is 11.5. The molecule has 36 heavy (non-hydrogen) atoms. The molecule has 4 nitrogen and oxygen atoms in total. The van der Waals surface area contributed by atoms with Gasteiger partial charge in [0.15, 0.2) is 0 Å². The first kappa shape index (κ1) is 28.4. The fourth-order valence-corrected chi connectivity index (χ4v) is 4.83. The topological polar surface area (TPSA) is 49.4 Å². The summed E-state index contributed by atoms with van der Waals surface area (Å²) in [6.45, 7) is 5.98. The zero-order valence-corrected chi connectivity index (χ0v) is 23.5. The number of thioether (sulfide) groups is 1. The molecule has 0 heterocycles. The van der Waals surface area contributed by atoms with Crippen LogP contribution in [-0.4, -0.2) is 34.0 Å². The number of rotatable bonds is 9. The maximum Gasteiger partial charge on any atom is 0.243 e. The molecule has 3 aromatic carbocycles. The van der Waals surface area contributed by atoms with E-state index in [1.807, 2.05) is 69.3 Å². The van der Waals surface area contributed by atoms with Crippen molar-refractivity contribution in [2.45, 2.75) is 50.2 Å². The van der Waals surface area contributed by atoms with Gasteiger partial charge in [-0.1, -0.05) is 71.2 Å². The molecule has 2 amide bonds. The molecular formula is C28H29Cl3N2O2S. The van der Waals surface area contributed by atoms with Gasteiger partial charge >= 0.3 is 0 Å². The third kappa shape index (κ3) is 8.74. The van der Waals surface area contributed by atoms with Crippen LogP contribution in [-0.2, 0) is 22.6 Å². The monoisotopic (exact) mass is 562 g/mol. The van der Waals surface area contributed by atoms with Crippen LogP contribution in [0.15, 0.2) is 77.7 Å². The van der Waals surface area contributed by atoms with Crippen LogP contribution in [0.1, 0.15) is 31.9 Å². The predicted molar refractivity (Wildman–Crippen MR) is 151 cm³/mol. The van der Waals surface area contributed by atoms with Crippen LogP contribution in [0.4, 0.5) is 0 Å². The Kier molecular flexibility index (Phi) is 10.1. The molecule has 0 unspecified atom stereocenters. The number of carbonyl (C=O) groups is 2. The van der Waals surface area contributed by atoms with Crippen molar-refractivity contribution in [2.75, 3.05) is 5.75 Å². The third-order valence-electron chi connectivity index (χ3n) is 5.28. The summed E-state index contributed by atoms with van der Waals surface area (Å²) in [5.74, 6) is -0.209. The number of hydrogen-bond acceptors (Lipinski definition) is 3. The van der Waals surface area contributed by atoms with Gasteiger partial charge in [-0.2, -0.15) is 0 Å². The van der Waals surface area contributed by atoms with E-state index in [9.17, 15) is 9.59 Å². The molecule has 0 aliphatic rings. The molecule has 0 aliphatic carbocycles. The number of hydrogen-bond donors (Lipinski definition) is 1. The highest BCUT2D eigenvalue weighted by atomic mass is 35.5. The second-order valence-electron chi connectivity index (χ2n) is 9.46. The van der Waals surface area contributed by atoms with Gasteiger partial charge in [0.25, 0.3) is 0 Å². The lowest BCUT2D eigenvalue weighted by Crippen LogP contribution is -2.54. The number of nitrogens with zero attached hydrogens (tertiary/aromatic N) is 1. The van der Waals surface area contributed by atoms with E-state index in [4.69, 9.17) is 34.8 Å². The highest BCUT2D eigenvalue weighted by Crippen LogP contribution is 2.26. The van der Waals surface area contributed by atoms with E-state index < -0.39 is 11.6 Å². The summed E-state index contributed by atoms with van der Waals surface area (Å²) in [6.07, 6.45) is 0.376. The van der Waals surface area contributed by atoms with Crippen LogP contribution in [0.5, 0.6) is 0 Å². The van der Waals surface area contributed by atoms with Crippen LogP contribution < -0.4 is 5.32 Å². The molecule has 0 bridgehead atoms. The van der Waals surface area contributed by atoms with Crippen LogP contribution in [0.25, 0.3) is 0 Å². The number of nitrogens with one attached hydrogen (secondary N) is 1. The van der Waals surface area contributed by atoms with E-state index in [1.165, 1.54) is 11.8 Å². The molecular weight excluding hydrogens is 535 g/mol. The average Bonchev–Trinajstić information content (AvgIpc) is 2.82. The minimum absolute atomic E-state index is 0.161. The summed E-state index contributed by atoms with van der Waals surface area (Å²) in [5.41, 5.74) is 1.29. The maximum atomic E-state index is 13.7. The predicted octanol–water partition coefficient (Wildman–Crippen LogP) is 7.29. The summed E-state index contributed by atoms with van der Waals surface area (Å²) < 4.78 is 0. The number of amides is 2. The molecule has 0 aliphatic heterocycles. The van der Waals surface area contributed by atoms with Crippen molar-refractivity contribution in [3.63, 3.8) is 0 Å². The Labute approximate surface area is 232 Å². The zero-order chi connectivity index (χ0) is 26.3. The lowest BCUT2D eigenvalue weighted by Gasteiger charge is -2.34. The van der Waals surface area contributed by atoms with E-state index >= 15 is 0 Å². The summed E-state index contributed by atoms with van der Waals surface area (Å²) >= 11 is 19.8. The van der Waals surface area contributed by atoms with Gasteiger partial charge in [0.2, 0.25) is 11.8 Å². The summed E-state index contributed by atoms with van der Waals surface area (Å²) in [7, 11) is 0. The molecule has 0 saturated carbocycles. The SMILES string of the molecule is CC(C)(C)NC(=O)[C@H](Cc1ccccc1)N(Cc1ccc(Cl)c(Cl)c1)C(=O)CSc1ccc(Cl)cc1. The van der Waals surface area contributed by atoms with Gasteiger partial charge in [0.05, 0.1) is 15.8 Å². The fourth-order valence-electron chi connectivity index (χ4n) is 3.60. The average molecular weight is 564 g/mol. The van der Waals surface area contributed by atoms with Gasteiger partial charge in [-0.3, -0.25) is 9.59 Å². The van der Waals surface area contributed by atoms with Gasteiger partial charge in [-0.25, -0.2) is 0 Å². The smallest absolute Gasteiger partial charge is 0.243 e. The Balaban J connectivity index is 1.94. The number of halogens is 3. The summed E-state index contributed by atoms with van der Waals surface area (Å²) in [6, 6.07) is 21.6. The quantitative estimate of drug-likeness (QED) is 0.278. The van der Waals surface area contributed by atoms with Crippen molar-refractivity contribution in [3.8, 4) is 0 Å². The van der Waals surface area contributed by atoms with Crippen molar-refractivity contribution >= 4 is 58.4 Å². The number of benzene rings is 3. The van der Waals surface area contributed by atoms with Gasteiger partial charge < -0.3 is 10.2 Å². The van der Waals surface area contributed by atoms with Crippen molar-refractivity contribution in [3.05, 3.63) is 99.0 Å². The first-order valence-corrected chi connectivity index (χ1v) is 13.6. The highest BCUT2D eigenvalue weighted by molar-refractivity contribution is 8.00. The Morgan fingerprint density at radius 2 is 1.56 bits per heavy atom. The van der Waals surface area contributed by atoms with Crippen LogP contribution in [0.3, 0.4) is 0 Å². The maximum absolute atomic E-state index is 13.7. The van der Waals surface area contributed by atoms with E-state index in [0.29, 0.717) is 21.5 Å². The van der Waals surface area contributed by atoms with E-state index in [-0.39, 0.29) is 24.1 Å². The van der Waals surface area contributed by atoms with Gasteiger partial charge in [-0.15, -0.1) is 11.8 Å². The molecule has 1 atom stereocenters. The highest BCUT2D eigenvalue weighted by Gasteiger charge is 2.32. The summed E-state index contributed by atoms with van der Waals surface area (Å²) in [4.78, 5) is 29.8. The molecule has 3 aromatic rings. The third-order valence-corrected chi connectivity index (χ3v) is 7.27.